The summed E-state index contributed by atoms with van der Waals surface area (Å²) in [6.07, 6.45) is 3.20. The van der Waals surface area contributed by atoms with Crippen molar-refractivity contribution in [1.82, 2.24) is 20.1 Å². The van der Waals surface area contributed by atoms with Crippen LogP contribution >= 0.6 is 0 Å². The minimum atomic E-state index is -0.391. The number of ether oxygens (including phenoxy) is 1. The Morgan fingerprint density at radius 2 is 1.92 bits per heavy atom. The monoisotopic (exact) mass is 350 g/mol. The quantitative estimate of drug-likeness (QED) is 0.714. The van der Waals surface area contributed by atoms with Crippen LogP contribution < -0.4 is 5.32 Å². The number of nitrogens with zero attached hydrogens (tertiary/aromatic N) is 3. The van der Waals surface area contributed by atoms with Crippen LogP contribution in [0.2, 0.25) is 0 Å². The molecule has 3 aromatic rings. The van der Waals surface area contributed by atoms with Gasteiger partial charge in [-0.3, -0.25) is 4.79 Å². The summed E-state index contributed by atoms with van der Waals surface area (Å²) in [5.41, 5.74) is 2.54. The molecule has 0 aliphatic rings. The molecule has 0 aliphatic carbocycles. The average molecular weight is 350 g/mol. The van der Waals surface area contributed by atoms with E-state index < -0.39 is 5.97 Å². The van der Waals surface area contributed by atoms with Crippen LogP contribution in [0.5, 0.6) is 0 Å². The van der Waals surface area contributed by atoms with Crippen LogP contribution in [-0.2, 0) is 11.3 Å². The molecule has 0 aliphatic heterocycles. The first kappa shape index (κ1) is 17.3. The van der Waals surface area contributed by atoms with Gasteiger partial charge in [-0.2, -0.15) is 5.10 Å². The number of rotatable bonds is 5. The predicted molar refractivity (Wildman–Crippen MR) is 95.0 cm³/mol. The molecule has 0 fully saturated rings. The molecule has 0 saturated heterocycles. The number of benzene rings is 1. The van der Waals surface area contributed by atoms with Gasteiger partial charge in [0.1, 0.15) is 0 Å². The number of methoxy groups -OCH3 is 1. The van der Waals surface area contributed by atoms with Crippen LogP contribution in [0, 0.1) is 6.92 Å². The van der Waals surface area contributed by atoms with Crippen molar-refractivity contribution in [1.29, 1.82) is 0 Å². The predicted octanol–water partition coefficient (Wildman–Crippen LogP) is 2.29. The maximum Gasteiger partial charge on any atom is 0.337 e. The highest BCUT2D eigenvalue weighted by Crippen LogP contribution is 2.12. The van der Waals surface area contributed by atoms with E-state index in [1.165, 1.54) is 13.3 Å². The van der Waals surface area contributed by atoms with Crippen molar-refractivity contribution in [2.75, 3.05) is 7.11 Å². The molecule has 1 aromatic carbocycles. The summed E-state index contributed by atoms with van der Waals surface area (Å²) in [5, 5.41) is 7.10. The number of pyridine rings is 1. The minimum absolute atomic E-state index is 0.221. The molecule has 0 atom stereocenters. The number of nitrogens with one attached hydrogen (secondary N) is 1. The van der Waals surface area contributed by atoms with Gasteiger partial charge in [-0.15, -0.1) is 0 Å². The van der Waals surface area contributed by atoms with Gasteiger partial charge in [-0.1, -0.05) is 18.2 Å². The van der Waals surface area contributed by atoms with E-state index in [-0.39, 0.29) is 5.91 Å². The van der Waals surface area contributed by atoms with Crippen molar-refractivity contribution in [3.63, 3.8) is 0 Å². The fourth-order valence-electron chi connectivity index (χ4n) is 2.50. The SMILES string of the molecule is COC(=O)c1ccc(CNC(=O)c2cnn(-c3ccccn3)c2C)cc1. The number of esters is 1. The van der Waals surface area contributed by atoms with Crippen LogP contribution in [0.25, 0.3) is 5.82 Å². The molecule has 1 N–H and O–H groups in total. The molecule has 1 amide bonds. The number of carbonyl (C=O) groups excluding carboxylic acids is 2. The summed E-state index contributed by atoms with van der Waals surface area (Å²) in [6, 6.07) is 12.4. The van der Waals surface area contributed by atoms with Crippen molar-refractivity contribution in [3.05, 3.63) is 77.2 Å². The highest BCUT2D eigenvalue weighted by Gasteiger charge is 2.15. The Morgan fingerprint density at radius 1 is 1.15 bits per heavy atom. The average Bonchev–Trinajstić information content (AvgIpc) is 3.08. The van der Waals surface area contributed by atoms with Gasteiger partial charge in [0, 0.05) is 12.7 Å². The van der Waals surface area contributed by atoms with Crippen LogP contribution in [0.15, 0.2) is 54.9 Å². The number of aromatic nitrogens is 3. The van der Waals surface area contributed by atoms with Crippen molar-refractivity contribution in [2.24, 2.45) is 0 Å². The smallest absolute Gasteiger partial charge is 0.337 e. The highest BCUT2D eigenvalue weighted by molar-refractivity contribution is 5.95. The molecule has 3 rings (SSSR count). The van der Waals surface area contributed by atoms with Crippen molar-refractivity contribution in [3.8, 4) is 5.82 Å². The lowest BCUT2D eigenvalue weighted by atomic mass is 10.1. The van der Waals surface area contributed by atoms with Gasteiger partial charge < -0.3 is 10.1 Å². The number of hydrogen-bond acceptors (Lipinski definition) is 5. The Hall–Kier alpha value is -3.48. The fourth-order valence-corrected chi connectivity index (χ4v) is 2.50. The first-order chi connectivity index (χ1) is 12.6. The van der Waals surface area contributed by atoms with Gasteiger partial charge in [0.25, 0.3) is 5.91 Å². The van der Waals surface area contributed by atoms with Crippen LogP contribution in [0.4, 0.5) is 0 Å². The normalized spacial score (nSPS) is 10.4. The first-order valence-corrected chi connectivity index (χ1v) is 8.01. The lowest BCUT2D eigenvalue weighted by molar-refractivity contribution is 0.0600. The second kappa shape index (κ2) is 7.60. The molecular weight excluding hydrogens is 332 g/mol. The zero-order chi connectivity index (χ0) is 18.5. The molecule has 2 aromatic heterocycles. The third-order valence-corrected chi connectivity index (χ3v) is 3.95. The van der Waals surface area contributed by atoms with Crippen LogP contribution in [0.1, 0.15) is 32.0 Å². The zero-order valence-electron chi connectivity index (χ0n) is 14.5. The topological polar surface area (TPSA) is 86.1 Å². The zero-order valence-corrected chi connectivity index (χ0v) is 14.5. The molecule has 7 heteroatoms. The second-order valence-corrected chi connectivity index (χ2v) is 5.61. The Bertz CT molecular complexity index is 918. The largest absolute Gasteiger partial charge is 0.465 e. The van der Waals surface area contributed by atoms with Crippen molar-refractivity contribution in [2.45, 2.75) is 13.5 Å². The van der Waals surface area contributed by atoms with Gasteiger partial charge in [-0.05, 0) is 36.8 Å². The molecule has 2 heterocycles. The maximum absolute atomic E-state index is 12.4. The molecule has 0 saturated carbocycles. The van der Waals surface area contributed by atoms with Gasteiger partial charge >= 0.3 is 5.97 Å². The Kier molecular flexibility index (Phi) is 5.07. The van der Waals surface area contributed by atoms with E-state index in [4.69, 9.17) is 0 Å². The number of carbonyl (C=O) groups is 2. The summed E-state index contributed by atoms with van der Waals surface area (Å²) in [6.45, 7) is 2.16. The lowest BCUT2D eigenvalue weighted by Crippen LogP contribution is -2.23. The lowest BCUT2D eigenvalue weighted by Gasteiger charge is -2.07. The number of amides is 1. The molecule has 7 nitrogen and oxygen atoms in total. The van der Waals surface area contributed by atoms with Gasteiger partial charge in [-0.25, -0.2) is 14.5 Å². The number of hydrogen-bond donors (Lipinski definition) is 1. The summed E-state index contributed by atoms with van der Waals surface area (Å²) in [7, 11) is 1.34. The molecule has 0 bridgehead atoms. The second-order valence-electron chi connectivity index (χ2n) is 5.61. The van der Waals surface area contributed by atoms with E-state index in [9.17, 15) is 9.59 Å². The van der Waals surface area contributed by atoms with E-state index >= 15 is 0 Å². The fraction of sp³-hybridized carbons (Fsp3) is 0.158. The third-order valence-electron chi connectivity index (χ3n) is 3.95. The summed E-state index contributed by atoms with van der Waals surface area (Å²) < 4.78 is 6.29. The van der Waals surface area contributed by atoms with E-state index in [1.54, 1.807) is 35.1 Å². The van der Waals surface area contributed by atoms with E-state index in [1.807, 2.05) is 25.1 Å². The van der Waals surface area contributed by atoms with Gasteiger partial charge in [0.05, 0.1) is 30.1 Å². The van der Waals surface area contributed by atoms with E-state index in [0.717, 1.165) is 5.56 Å². The van der Waals surface area contributed by atoms with E-state index in [0.29, 0.717) is 29.2 Å². The van der Waals surface area contributed by atoms with Gasteiger partial charge in [0.2, 0.25) is 0 Å². The first-order valence-electron chi connectivity index (χ1n) is 8.01. The minimum Gasteiger partial charge on any atom is -0.465 e. The molecule has 132 valence electrons. The van der Waals surface area contributed by atoms with Crippen LogP contribution in [-0.4, -0.2) is 33.8 Å². The Balaban J connectivity index is 1.67. The summed E-state index contributed by atoms with van der Waals surface area (Å²) in [4.78, 5) is 28.1. The summed E-state index contributed by atoms with van der Waals surface area (Å²) in [5.74, 6) is 0.0438. The van der Waals surface area contributed by atoms with Crippen LogP contribution in [0.3, 0.4) is 0 Å². The highest BCUT2D eigenvalue weighted by atomic mass is 16.5. The van der Waals surface area contributed by atoms with E-state index in [2.05, 4.69) is 20.1 Å². The standard InChI is InChI=1S/C19H18N4O3/c1-13-16(12-22-23(13)17-5-3-4-10-20-17)18(24)21-11-14-6-8-15(9-7-14)19(25)26-2/h3-10,12H,11H2,1-2H3,(H,21,24). The Morgan fingerprint density at radius 3 is 2.58 bits per heavy atom. The third kappa shape index (κ3) is 3.61. The van der Waals surface area contributed by atoms with Crippen molar-refractivity contribution >= 4 is 11.9 Å². The van der Waals surface area contributed by atoms with Crippen molar-refractivity contribution < 1.29 is 14.3 Å². The maximum atomic E-state index is 12.4. The molecule has 0 radical (unpaired) electrons. The molecule has 0 unspecified atom stereocenters. The Labute approximate surface area is 150 Å². The molecule has 26 heavy (non-hydrogen) atoms. The van der Waals surface area contributed by atoms with Gasteiger partial charge in [0.15, 0.2) is 5.82 Å². The molecular formula is C19H18N4O3. The molecule has 0 spiro atoms. The summed E-state index contributed by atoms with van der Waals surface area (Å²) >= 11 is 0.